The lowest BCUT2D eigenvalue weighted by molar-refractivity contribution is -0.137. The van der Waals surface area contributed by atoms with Gasteiger partial charge in [-0.05, 0) is 12.8 Å². The van der Waals surface area contributed by atoms with Crippen molar-refractivity contribution in [2.45, 2.75) is 39.8 Å². The largest absolute Gasteiger partial charge is 0.481 e. The molecule has 7 heteroatoms. The Morgan fingerprint density at radius 1 is 1.47 bits per heavy atom. The number of carbonyl (C=O) groups excluding carboxylic acids is 1. The standard InChI is InChI=1S/C12H19N3O3S/c1-7(2)9(4-11(16)17)15-12(18)14-6-10-13-5-8(3)19-10/h5,7,9H,4,6H2,1-3H3,(H,16,17)(H2,14,15,18). The van der Waals surface area contributed by atoms with E-state index in [0.29, 0.717) is 6.54 Å². The van der Waals surface area contributed by atoms with Gasteiger partial charge in [0.1, 0.15) is 5.01 Å². The second kappa shape index (κ2) is 7.08. The van der Waals surface area contributed by atoms with E-state index < -0.39 is 5.97 Å². The minimum atomic E-state index is -0.922. The normalized spacial score (nSPS) is 12.2. The third-order valence-electron chi connectivity index (χ3n) is 2.59. The summed E-state index contributed by atoms with van der Waals surface area (Å²) >= 11 is 1.52. The van der Waals surface area contributed by atoms with Crippen molar-refractivity contribution in [3.05, 3.63) is 16.1 Å². The van der Waals surface area contributed by atoms with Crippen molar-refractivity contribution in [3.8, 4) is 0 Å². The third kappa shape index (κ3) is 5.69. The van der Waals surface area contributed by atoms with Crippen LogP contribution in [0.15, 0.2) is 6.20 Å². The van der Waals surface area contributed by atoms with Crippen molar-refractivity contribution in [2.24, 2.45) is 5.92 Å². The van der Waals surface area contributed by atoms with Gasteiger partial charge < -0.3 is 15.7 Å². The maximum atomic E-state index is 11.7. The van der Waals surface area contributed by atoms with Gasteiger partial charge in [0.05, 0.1) is 13.0 Å². The quantitative estimate of drug-likeness (QED) is 0.742. The van der Waals surface area contributed by atoms with Crippen LogP contribution in [0.4, 0.5) is 4.79 Å². The van der Waals surface area contributed by atoms with Gasteiger partial charge in [0, 0.05) is 17.1 Å². The van der Waals surface area contributed by atoms with Gasteiger partial charge >= 0.3 is 12.0 Å². The lowest BCUT2D eigenvalue weighted by atomic mass is 10.0. The van der Waals surface area contributed by atoms with Crippen molar-refractivity contribution in [2.75, 3.05) is 0 Å². The molecule has 1 unspecified atom stereocenters. The summed E-state index contributed by atoms with van der Waals surface area (Å²) in [5, 5.41) is 14.9. The number of amides is 2. The Morgan fingerprint density at radius 3 is 2.63 bits per heavy atom. The fraction of sp³-hybridized carbons (Fsp3) is 0.583. The fourth-order valence-corrected chi connectivity index (χ4v) is 2.23. The van der Waals surface area contributed by atoms with E-state index in [9.17, 15) is 9.59 Å². The molecule has 1 aromatic rings. The predicted molar refractivity (Wildman–Crippen MR) is 73.1 cm³/mol. The van der Waals surface area contributed by atoms with Crippen LogP contribution in [-0.2, 0) is 11.3 Å². The first-order chi connectivity index (χ1) is 8.88. The number of hydrogen-bond acceptors (Lipinski definition) is 4. The van der Waals surface area contributed by atoms with Crippen LogP contribution in [-0.4, -0.2) is 28.1 Å². The van der Waals surface area contributed by atoms with Gasteiger partial charge in [-0.2, -0.15) is 0 Å². The Bertz CT molecular complexity index is 445. The summed E-state index contributed by atoms with van der Waals surface area (Å²) in [5.41, 5.74) is 0. The van der Waals surface area contributed by atoms with Crippen molar-refractivity contribution in [1.29, 1.82) is 0 Å². The molecular weight excluding hydrogens is 266 g/mol. The molecule has 0 fully saturated rings. The summed E-state index contributed by atoms with van der Waals surface area (Å²) in [6, 6.07) is -0.747. The number of nitrogens with zero attached hydrogens (tertiary/aromatic N) is 1. The number of urea groups is 1. The molecule has 1 heterocycles. The molecule has 1 aromatic heterocycles. The number of carboxylic acid groups (broad SMARTS) is 1. The molecule has 0 saturated carbocycles. The van der Waals surface area contributed by atoms with Gasteiger partial charge in [-0.1, -0.05) is 13.8 Å². The molecule has 19 heavy (non-hydrogen) atoms. The molecule has 0 aliphatic carbocycles. The number of nitrogens with one attached hydrogen (secondary N) is 2. The topological polar surface area (TPSA) is 91.3 Å². The lowest BCUT2D eigenvalue weighted by Gasteiger charge is -2.20. The number of hydrogen-bond donors (Lipinski definition) is 3. The van der Waals surface area contributed by atoms with Gasteiger partial charge in [-0.25, -0.2) is 9.78 Å². The zero-order chi connectivity index (χ0) is 14.4. The Labute approximate surface area is 116 Å². The molecule has 0 aliphatic rings. The second-order valence-electron chi connectivity index (χ2n) is 4.64. The molecule has 106 valence electrons. The number of rotatable bonds is 6. The summed E-state index contributed by atoms with van der Waals surface area (Å²) in [6.07, 6.45) is 1.67. The van der Waals surface area contributed by atoms with Gasteiger partial charge in [0.25, 0.3) is 0 Å². The summed E-state index contributed by atoms with van der Waals surface area (Å²) in [7, 11) is 0. The minimum absolute atomic E-state index is 0.0592. The van der Waals surface area contributed by atoms with Crippen molar-refractivity contribution in [3.63, 3.8) is 0 Å². The van der Waals surface area contributed by atoms with Crippen LogP contribution in [0.5, 0.6) is 0 Å². The average molecular weight is 285 g/mol. The van der Waals surface area contributed by atoms with Crippen LogP contribution >= 0.6 is 11.3 Å². The zero-order valence-electron chi connectivity index (χ0n) is 11.3. The van der Waals surface area contributed by atoms with Crippen LogP contribution in [0.3, 0.4) is 0 Å². The molecule has 6 nitrogen and oxygen atoms in total. The van der Waals surface area contributed by atoms with Crippen LogP contribution in [0.25, 0.3) is 0 Å². The maximum absolute atomic E-state index is 11.7. The number of carboxylic acids is 1. The highest BCUT2D eigenvalue weighted by molar-refractivity contribution is 7.11. The average Bonchev–Trinajstić information content (AvgIpc) is 2.71. The Morgan fingerprint density at radius 2 is 2.16 bits per heavy atom. The molecule has 1 rings (SSSR count). The van der Waals surface area contributed by atoms with Crippen molar-refractivity contribution in [1.82, 2.24) is 15.6 Å². The Hall–Kier alpha value is -1.63. The summed E-state index contributed by atoms with van der Waals surface area (Å²) in [6.45, 7) is 6.04. The molecule has 0 radical (unpaired) electrons. The summed E-state index contributed by atoms with van der Waals surface area (Å²) < 4.78 is 0. The van der Waals surface area contributed by atoms with Gasteiger partial charge in [0.15, 0.2) is 0 Å². The lowest BCUT2D eigenvalue weighted by Crippen LogP contribution is -2.45. The molecular formula is C12H19N3O3S. The molecule has 0 aromatic carbocycles. The van der Waals surface area contributed by atoms with E-state index in [1.165, 1.54) is 11.3 Å². The number of aryl methyl sites for hydroxylation is 1. The maximum Gasteiger partial charge on any atom is 0.315 e. The predicted octanol–water partition coefficient (Wildman–Crippen LogP) is 1.75. The molecule has 0 spiro atoms. The molecule has 2 amide bonds. The minimum Gasteiger partial charge on any atom is -0.481 e. The molecule has 0 saturated heterocycles. The molecule has 0 aliphatic heterocycles. The highest BCUT2D eigenvalue weighted by atomic mass is 32.1. The van der Waals surface area contributed by atoms with Crippen molar-refractivity contribution < 1.29 is 14.7 Å². The zero-order valence-corrected chi connectivity index (χ0v) is 12.1. The van der Waals surface area contributed by atoms with Gasteiger partial charge in [0.2, 0.25) is 0 Å². The third-order valence-corrected chi connectivity index (χ3v) is 3.50. The van der Waals surface area contributed by atoms with E-state index in [-0.39, 0.29) is 24.4 Å². The van der Waals surface area contributed by atoms with E-state index in [1.54, 1.807) is 6.20 Å². The first kappa shape index (κ1) is 15.4. The van der Waals surface area contributed by atoms with Gasteiger partial charge in [-0.15, -0.1) is 11.3 Å². The number of thiazole rings is 1. The highest BCUT2D eigenvalue weighted by Crippen LogP contribution is 2.10. The Balaban J connectivity index is 2.42. The summed E-state index contributed by atoms with van der Waals surface area (Å²) in [4.78, 5) is 27.6. The first-order valence-corrected chi connectivity index (χ1v) is 6.87. The summed E-state index contributed by atoms with van der Waals surface area (Å²) in [5.74, 6) is -0.862. The van der Waals surface area contributed by atoms with E-state index in [0.717, 1.165) is 9.88 Å². The molecule has 3 N–H and O–H groups in total. The smallest absolute Gasteiger partial charge is 0.315 e. The van der Waals surface area contributed by atoms with Crippen LogP contribution in [0.2, 0.25) is 0 Å². The van der Waals surface area contributed by atoms with Crippen molar-refractivity contribution >= 4 is 23.3 Å². The number of carbonyl (C=O) groups is 2. The monoisotopic (exact) mass is 285 g/mol. The van der Waals surface area contributed by atoms with E-state index in [4.69, 9.17) is 5.11 Å². The Kier molecular flexibility index (Phi) is 5.75. The van der Waals surface area contributed by atoms with Gasteiger partial charge in [-0.3, -0.25) is 4.79 Å². The number of aromatic nitrogens is 1. The van der Waals surface area contributed by atoms with E-state index in [2.05, 4.69) is 15.6 Å². The first-order valence-electron chi connectivity index (χ1n) is 6.06. The molecule has 1 atom stereocenters. The SMILES string of the molecule is Cc1cnc(CNC(=O)NC(CC(=O)O)C(C)C)s1. The highest BCUT2D eigenvalue weighted by Gasteiger charge is 2.19. The van der Waals surface area contributed by atoms with E-state index >= 15 is 0 Å². The van der Waals surface area contributed by atoms with Crippen LogP contribution in [0.1, 0.15) is 30.2 Å². The second-order valence-corrected chi connectivity index (χ2v) is 5.96. The van der Waals surface area contributed by atoms with E-state index in [1.807, 2.05) is 20.8 Å². The number of aliphatic carboxylic acids is 1. The van der Waals surface area contributed by atoms with Crippen LogP contribution < -0.4 is 10.6 Å². The fourth-order valence-electron chi connectivity index (χ4n) is 1.50. The molecule has 0 bridgehead atoms. The van der Waals surface area contributed by atoms with Crippen LogP contribution in [0, 0.1) is 12.8 Å².